The van der Waals surface area contributed by atoms with Crippen LogP contribution in [0.25, 0.3) is 17.2 Å². The van der Waals surface area contributed by atoms with Gasteiger partial charge in [-0.3, -0.25) is 9.48 Å². The number of aromatic nitrogens is 5. The molecule has 0 aromatic carbocycles. The molecule has 0 unspecified atom stereocenters. The molecule has 2 aliphatic rings. The predicted molar refractivity (Wildman–Crippen MR) is 119 cm³/mol. The van der Waals surface area contributed by atoms with Gasteiger partial charge in [0.2, 0.25) is 5.91 Å². The van der Waals surface area contributed by atoms with Gasteiger partial charge in [-0.25, -0.2) is 22.5 Å². The molecule has 174 valence electrons. The highest BCUT2D eigenvalue weighted by atomic mass is 32.2. The van der Waals surface area contributed by atoms with Gasteiger partial charge in [0.1, 0.15) is 11.5 Å². The number of hydrogen-bond donors (Lipinski definition) is 1. The molecule has 5 rings (SSSR count). The molecule has 4 heterocycles. The van der Waals surface area contributed by atoms with Gasteiger partial charge in [-0.05, 0) is 44.4 Å². The smallest absolute Gasteiger partial charge is 0.223 e. The molecule has 1 aliphatic heterocycles. The Labute approximate surface area is 190 Å². The van der Waals surface area contributed by atoms with Gasteiger partial charge in [0, 0.05) is 31.1 Å². The Balaban J connectivity index is 1.48. The molecule has 1 aliphatic carbocycles. The van der Waals surface area contributed by atoms with Gasteiger partial charge in [0.25, 0.3) is 0 Å². The Kier molecular flexibility index (Phi) is 5.11. The monoisotopic (exact) mass is 472 g/mol. The molecular formula is C22H25FN6O3S. The molecule has 11 heteroatoms. The Morgan fingerprint density at radius 2 is 2.12 bits per heavy atom. The third kappa shape index (κ3) is 4.05. The minimum atomic E-state index is -3.13. The first-order valence-electron chi connectivity index (χ1n) is 10.9. The Morgan fingerprint density at radius 3 is 2.76 bits per heavy atom. The lowest BCUT2D eigenvalue weighted by Crippen LogP contribution is -2.50. The van der Waals surface area contributed by atoms with Crippen molar-refractivity contribution in [3.05, 3.63) is 47.7 Å². The zero-order valence-electron chi connectivity index (χ0n) is 18.5. The van der Waals surface area contributed by atoms with E-state index in [-0.39, 0.29) is 23.3 Å². The maximum Gasteiger partial charge on any atom is 0.223 e. The Hall–Kier alpha value is -3.08. The molecule has 1 fully saturated rings. The van der Waals surface area contributed by atoms with Crippen LogP contribution in [-0.4, -0.2) is 55.9 Å². The molecular weight excluding hydrogens is 447 g/mol. The number of carbonyl (C=O) groups is 1. The van der Waals surface area contributed by atoms with Crippen molar-refractivity contribution >= 4 is 15.7 Å². The highest BCUT2D eigenvalue weighted by Crippen LogP contribution is 2.35. The fraction of sp³-hybridized carbons (Fsp3) is 0.455. The zero-order valence-corrected chi connectivity index (χ0v) is 19.3. The van der Waals surface area contributed by atoms with Crippen molar-refractivity contribution in [2.24, 2.45) is 13.0 Å². The predicted octanol–water partition coefficient (Wildman–Crippen LogP) is 1.61. The van der Waals surface area contributed by atoms with Gasteiger partial charge in [-0.1, -0.05) is 0 Å². The number of nitrogens with zero attached hydrogens (tertiary/aromatic N) is 5. The van der Waals surface area contributed by atoms with Gasteiger partial charge in [0.05, 0.1) is 34.6 Å². The second kappa shape index (κ2) is 7.75. The summed E-state index contributed by atoms with van der Waals surface area (Å²) < 4.78 is 40.8. The van der Waals surface area contributed by atoms with E-state index in [1.165, 1.54) is 6.07 Å². The minimum Gasteiger partial charge on any atom is -0.350 e. The topological polar surface area (TPSA) is 112 Å². The SMILES string of the molecule is Cn1nccc1-c1nn(-c2ccc(F)cn2)c2c1CC[C@@H](C(=O)N[C@@]1(C)CCS(=O)(=O)C1)C2. The summed E-state index contributed by atoms with van der Waals surface area (Å²) in [5.41, 5.74) is 2.74. The summed E-state index contributed by atoms with van der Waals surface area (Å²) in [6.45, 7) is 1.79. The first kappa shape index (κ1) is 21.7. The molecule has 0 radical (unpaired) electrons. The van der Waals surface area contributed by atoms with Crippen LogP contribution >= 0.6 is 0 Å². The molecule has 1 N–H and O–H groups in total. The lowest BCUT2D eigenvalue weighted by Gasteiger charge is -2.29. The maximum absolute atomic E-state index is 13.5. The number of carbonyl (C=O) groups excluding carboxylic acids is 1. The fourth-order valence-corrected chi connectivity index (χ4v) is 6.93. The normalized spacial score (nSPS) is 23.9. The van der Waals surface area contributed by atoms with Crippen LogP contribution in [0.4, 0.5) is 4.39 Å². The second-order valence-corrected chi connectivity index (χ2v) is 11.4. The fourth-order valence-electron chi connectivity index (χ4n) is 4.84. The van der Waals surface area contributed by atoms with E-state index in [1.807, 2.05) is 13.1 Å². The molecule has 3 aromatic rings. The van der Waals surface area contributed by atoms with E-state index in [4.69, 9.17) is 5.10 Å². The van der Waals surface area contributed by atoms with Crippen LogP contribution in [0.1, 0.15) is 31.0 Å². The minimum absolute atomic E-state index is 0.0359. The van der Waals surface area contributed by atoms with Gasteiger partial charge in [-0.2, -0.15) is 10.2 Å². The van der Waals surface area contributed by atoms with Crippen molar-refractivity contribution in [1.82, 2.24) is 29.9 Å². The van der Waals surface area contributed by atoms with Crippen molar-refractivity contribution in [2.45, 2.75) is 38.1 Å². The second-order valence-electron chi connectivity index (χ2n) is 9.19. The first-order chi connectivity index (χ1) is 15.6. The van der Waals surface area contributed by atoms with Crippen LogP contribution in [0.15, 0.2) is 30.6 Å². The van der Waals surface area contributed by atoms with E-state index in [2.05, 4.69) is 15.4 Å². The van der Waals surface area contributed by atoms with Crippen LogP contribution in [0, 0.1) is 11.7 Å². The molecule has 9 nitrogen and oxygen atoms in total. The van der Waals surface area contributed by atoms with E-state index in [9.17, 15) is 17.6 Å². The lowest BCUT2D eigenvalue weighted by atomic mass is 9.85. The van der Waals surface area contributed by atoms with Crippen molar-refractivity contribution in [3.8, 4) is 17.2 Å². The zero-order chi connectivity index (χ0) is 23.4. The first-order valence-corrected chi connectivity index (χ1v) is 12.7. The summed E-state index contributed by atoms with van der Waals surface area (Å²) in [5.74, 6) is -0.392. The quantitative estimate of drug-likeness (QED) is 0.618. The van der Waals surface area contributed by atoms with E-state index < -0.39 is 21.2 Å². The standard InChI is InChI=1S/C22H25FN6O3S/c1-22(8-10-33(31,32)13-22)26-21(30)14-3-5-16-18(11-14)29(19-6-4-15(23)12-24-19)27-20(16)17-7-9-25-28(17)2/h4,6-7,9,12,14H,3,5,8,10-11,13H2,1-2H3,(H,26,30)/t14-,22+/m1/s1. The number of rotatable bonds is 4. The maximum atomic E-state index is 13.5. The third-order valence-electron chi connectivity index (χ3n) is 6.56. The van der Waals surface area contributed by atoms with Crippen molar-refractivity contribution in [1.29, 1.82) is 0 Å². The molecule has 2 atom stereocenters. The van der Waals surface area contributed by atoms with E-state index >= 15 is 0 Å². The molecule has 0 saturated carbocycles. The highest BCUT2D eigenvalue weighted by Gasteiger charge is 2.41. The van der Waals surface area contributed by atoms with Crippen LogP contribution in [0.5, 0.6) is 0 Å². The van der Waals surface area contributed by atoms with Gasteiger partial charge < -0.3 is 5.32 Å². The van der Waals surface area contributed by atoms with Crippen LogP contribution in [0.3, 0.4) is 0 Å². The summed E-state index contributed by atoms with van der Waals surface area (Å²) in [5, 5.41) is 12.0. The third-order valence-corrected chi connectivity index (χ3v) is 8.47. The number of halogens is 1. The number of nitrogens with one attached hydrogen (secondary N) is 1. The molecule has 3 aromatic heterocycles. The molecule has 0 spiro atoms. The molecule has 33 heavy (non-hydrogen) atoms. The Morgan fingerprint density at radius 1 is 1.30 bits per heavy atom. The number of fused-ring (bicyclic) bond motifs is 1. The molecule has 0 bridgehead atoms. The number of aryl methyl sites for hydroxylation is 1. The Bertz CT molecular complexity index is 1330. The average Bonchev–Trinajstić information content (AvgIpc) is 3.43. The van der Waals surface area contributed by atoms with Gasteiger partial charge >= 0.3 is 0 Å². The van der Waals surface area contributed by atoms with E-state index in [0.29, 0.717) is 31.5 Å². The number of sulfone groups is 1. The van der Waals surface area contributed by atoms with Crippen molar-refractivity contribution < 1.29 is 17.6 Å². The highest BCUT2D eigenvalue weighted by molar-refractivity contribution is 7.91. The lowest BCUT2D eigenvalue weighted by molar-refractivity contribution is -0.126. The van der Waals surface area contributed by atoms with Crippen LogP contribution in [0.2, 0.25) is 0 Å². The summed E-state index contributed by atoms with van der Waals surface area (Å²) in [7, 11) is -1.29. The molecule has 1 amide bonds. The van der Waals surface area contributed by atoms with Crippen LogP contribution < -0.4 is 5.32 Å². The molecule has 1 saturated heterocycles. The van der Waals surface area contributed by atoms with Gasteiger partial charge in [0.15, 0.2) is 15.7 Å². The summed E-state index contributed by atoms with van der Waals surface area (Å²) in [6.07, 6.45) is 4.93. The largest absolute Gasteiger partial charge is 0.350 e. The summed E-state index contributed by atoms with van der Waals surface area (Å²) in [6, 6.07) is 4.77. The number of pyridine rings is 1. The van der Waals surface area contributed by atoms with Crippen molar-refractivity contribution in [2.75, 3.05) is 11.5 Å². The average molecular weight is 473 g/mol. The van der Waals surface area contributed by atoms with Gasteiger partial charge in [-0.15, -0.1) is 0 Å². The van der Waals surface area contributed by atoms with E-state index in [0.717, 1.165) is 28.8 Å². The summed E-state index contributed by atoms with van der Waals surface area (Å²) >= 11 is 0. The van der Waals surface area contributed by atoms with E-state index in [1.54, 1.807) is 28.6 Å². The summed E-state index contributed by atoms with van der Waals surface area (Å²) in [4.78, 5) is 17.3. The number of hydrogen-bond acceptors (Lipinski definition) is 6. The van der Waals surface area contributed by atoms with Crippen molar-refractivity contribution in [3.63, 3.8) is 0 Å². The number of amides is 1. The van der Waals surface area contributed by atoms with Crippen LogP contribution in [-0.2, 0) is 34.5 Å².